The third kappa shape index (κ3) is 8.42. The van der Waals surface area contributed by atoms with E-state index >= 15 is 0 Å². The highest BCUT2D eigenvalue weighted by Crippen LogP contribution is 2.09. The van der Waals surface area contributed by atoms with E-state index in [1.165, 1.54) is 0 Å². The third-order valence-electron chi connectivity index (χ3n) is 1.91. The fraction of sp³-hybridized carbons (Fsp3) is 0.750. The smallest absolute Gasteiger partial charge is 0.306 e. The molecule has 0 aliphatic heterocycles. The maximum Gasteiger partial charge on any atom is 0.306 e. The van der Waals surface area contributed by atoms with Crippen LogP contribution in [0.2, 0.25) is 0 Å². The molecule has 0 aliphatic rings. The molecule has 0 aromatic heterocycles. The SMILES string of the molecule is CCC(=O)N[C@@H](C=O)CCC(=O)OC(C)(C)C. The molecule has 0 fully saturated rings. The topological polar surface area (TPSA) is 72.5 Å². The molecular formula is C12H21NO4. The van der Waals surface area contributed by atoms with Gasteiger partial charge in [0.2, 0.25) is 5.91 Å². The number of aldehydes is 1. The molecule has 0 saturated heterocycles. The van der Waals surface area contributed by atoms with E-state index in [0.29, 0.717) is 12.7 Å². The maximum absolute atomic E-state index is 11.4. The Morgan fingerprint density at radius 2 is 1.94 bits per heavy atom. The molecule has 0 aromatic carbocycles. The Morgan fingerprint density at radius 1 is 1.35 bits per heavy atom. The Bertz CT molecular complexity index is 281. The van der Waals surface area contributed by atoms with Gasteiger partial charge in [-0.15, -0.1) is 0 Å². The minimum absolute atomic E-state index is 0.116. The van der Waals surface area contributed by atoms with Gasteiger partial charge in [0, 0.05) is 12.8 Å². The number of carbonyl (C=O) groups excluding carboxylic acids is 3. The highest BCUT2D eigenvalue weighted by molar-refractivity contribution is 5.79. The first kappa shape index (κ1) is 15.6. The predicted octanol–water partition coefficient (Wildman–Crippen LogP) is 1.20. The molecule has 98 valence electrons. The van der Waals surface area contributed by atoms with Crippen molar-refractivity contribution in [1.82, 2.24) is 5.32 Å². The largest absolute Gasteiger partial charge is 0.460 e. The fourth-order valence-corrected chi connectivity index (χ4v) is 1.15. The van der Waals surface area contributed by atoms with Crippen LogP contribution in [0.5, 0.6) is 0 Å². The van der Waals surface area contributed by atoms with Gasteiger partial charge in [0.15, 0.2) is 0 Å². The van der Waals surface area contributed by atoms with Gasteiger partial charge in [-0.1, -0.05) is 6.92 Å². The Hall–Kier alpha value is -1.39. The summed E-state index contributed by atoms with van der Waals surface area (Å²) in [6, 6.07) is -0.616. The summed E-state index contributed by atoms with van der Waals surface area (Å²) in [5.41, 5.74) is -0.527. The molecule has 0 bridgehead atoms. The second-order valence-corrected chi connectivity index (χ2v) is 4.79. The van der Waals surface area contributed by atoms with Crippen molar-refractivity contribution in [3.8, 4) is 0 Å². The minimum atomic E-state index is -0.616. The van der Waals surface area contributed by atoms with E-state index in [1.807, 2.05) is 0 Å². The Kier molecular flexibility index (Phi) is 6.46. The summed E-state index contributed by atoms with van der Waals surface area (Å²) in [5.74, 6) is -0.568. The van der Waals surface area contributed by atoms with Crippen molar-refractivity contribution in [2.75, 3.05) is 0 Å². The number of amides is 1. The van der Waals surface area contributed by atoms with E-state index < -0.39 is 11.6 Å². The molecule has 1 amide bonds. The lowest BCUT2D eigenvalue weighted by molar-refractivity contribution is -0.155. The molecule has 0 spiro atoms. The van der Waals surface area contributed by atoms with Gasteiger partial charge in [0.05, 0.1) is 6.04 Å². The van der Waals surface area contributed by atoms with E-state index in [4.69, 9.17) is 4.74 Å². The number of esters is 1. The molecule has 5 heteroatoms. The monoisotopic (exact) mass is 243 g/mol. The van der Waals surface area contributed by atoms with E-state index in [2.05, 4.69) is 5.32 Å². The summed E-state index contributed by atoms with van der Waals surface area (Å²) >= 11 is 0. The highest BCUT2D eigenvalue weighted by atomic mass is 16.6. The lowest BCUT2D eigenvalue weighted by Crippen LogP contribution is -2.36. The van der Waals surface area contributed by atoms with Gasteiger partial charge in [-0.2, -0.15) is 0 Å². The van der Waals surface area contributed by atoms with Gasteiger partial charge >= 0.3 is 5.97 Å². The second-order valence-electron chi connectivity index (χ2n) is 4.79. The van der Waals surface area contributed by atoms with Crippen molar-refractivity contribution in [2.45, 2.75) is 58.6 Å². The molecule has 0 heterocycles. The second kappa shape index (κ2) is 7.04. The zero-order valence-electron chi connectivity index (χ0n) is 10.9. The molecule has 1 N–H and O–H groups in total. The maximum atomic E-state index is 11.4. The first-order valence-electron chi connectivity index (χ1n) is 5.75. The van der Waals surface area contributed by atoms with Crippen LogP contribution in [0.25, 0.3) is 0 Å². The summed E-state index contributed by atoms with van der Waals surface area (Å²) in [6.45, 7) is 7.04. The first-order valence-corrected chi connectivity index (χ1v) is 5.75. The van der Waals surface area contributed by atoms with Crippen molar-refractivity contribution in [2.24, 2.45) is 0 Å². The van der Waals surface area contributed by atoms with Gasteiger partial charge in [0.25, 0.3) is 0 Å². The first-order chi connectivity index (χ1) is 7.78. The van der Waals surface area contributed by atoms with Gasteiger partial charge in [-0.3, -0.25) is 9.59 Å². The van der Waals surface area contributed by atoms with Crippen LogP contribution in [0.15, 0.2) is 0 Å². The average Bonchev–Trinajstić information content (AvgIpc) is 2.21. The van der Waals surface area contributed by atoms with Gasteiger partial charge in [0.1, 0.15) is 11.9 Å². The molecule has 0 radical (unpaired) electrons. The van der Waals surface area contributed by atoms with Crippen molar-refractivity contribution >= 4 is 18.2 Å². The number of hydrogen-bond donors (Lipinski definition) is 1. The van der Waals surface area contributed by atoms with Crippen LogP contribution in [-0.2, 0) is 19.1 Å². The van der Waals surface area contributed by atoms with Gasteiger partial charge in [-0.05, 0) is 27.2 Å². The molecule has 5 nitrogen and oxygen atoms in total. The van der Waals surface area contributed by atoms with Crippen molar-refractivity contribution in [1.29, 1.82) is 0 Å². The van der Waals surface area contributed by atoms with E-state index in [1.54, 1.807) is 27.7 Å². The molecule has 0 aliphatic carbocycles. The summed E-state index contributed by atoms with van der Waals surface area (Å²) in [5, 5.41) is 2.52. The van der Waals surface area contributed by atoms with E-state index in [-0.39, 0.29) is 24.7 Å². The summed E-state index contributed by atoms with van der Waals surface area (Å²) in [4.78, 5) is 33.1. The molecule has 0 unspecified atom stereocenters. The number of nitrogens with one attached hydrogen (secondary N) is 1. The fourth-order valence-electron chi connectivity index (χ4n) is 1.15. The summed E-state index contributed by atoms with van der Waals surface area (Å²) in [6.07, 6.45) is 1.34. The number of ether oxygens (including phenoxy) is 1. The van der Waals surface area contributed by atoms with Gasteiger partial charge in [-0.25, -0.2) is 0 Å². The van der Waals surface area contributed by atoms with Crippen LogP contribution in [-0.4, -0.2) is 29.8 Å². The van der Waals surface area contributed by atoms with Crippen LogP contribution in [0.3, 0.4) is 0 Å². The van der Waals surface area contributed by atoms with Crippen LogP contribution >= 0.6 is 0 Å². The normalized spacial score (nSPS) is 12.7. The van der Waals surface area contributed by atoms with Crippen LogP contribution in [0.1, 0.15) is 47.0 Å². The Balaban J connectivity index is 4.03. The molecule has 0 rings (SSSR count). The standard InChI is InChI=1S/C12H21NO4/c1-5-10(15)13-9(8-14)6-7-11(16)17-12(2,3)4/h8-9H,5-7H2,1-4H3,(H,13,15)/t9-/m1/s1. The molecule has 1 atom stereocenters. The predicted molar refractivity (Wildman–Crippen MR) is 63.4 cm³/mol. The third-order valence-corrected chi connectivity index (χ3v) is 1.91. The minimum Gasteiger partial charge on any atom is -0.460 e. The average molecular weight is 243 g/mol. The quantitative estimate of drug-likeness (QED) is 0.562. The summed E-state index contributed by atoms with van der Waals surface area (Å²) < 4.78 is 5.10. The Labute approximate surface area is 102 Å². The molecule has 17 heavy (non-hydrogen) atoms. The van der Waals surface area contributed by atoms with Crippen molar-refractivity contribution < 1.29 is 19.1 Å². The molecular weight excluding hydrogens is 222 g/mol. The zero-order valence-corrected chi connectivity index (χ0v) is 10.9. The van der Waals surface area contributed by atoms with Crippen LogP contribution in [0, 0.1) is 0 Å². The van der Waals surface area contributed by atoms with Crippen LogP contribution < -0.4 is 5.32 Å². The number of carbonyl (C=O) groups is 3. The molecule has 0 saturated carbocycles. The van der Waals surface area contributed by atoms with Gasteiger partial charge < -0.3 is 14.8 Å². The van der Waals surface area contributed by atoms with E-state index in [9.17, 15) is 14.4 Å². The Morgan fingerprint density at radius 3 is 2.35 bits per heavy atom. The molecule has 0 aromatic rings. The van der Waals surface area contributed by atoms with Crippen molar-refractivity contribution in [3.63, 3.8) is 0 Å². The highest BCUT2D eigenvalue weighted by Gasteiger charge is 2.18. The van der Waals surface area contributed by atoms with E-state index in [0.717, 1.165) is 0 Å². The summed E-state index contributed by atoms with van der Waals surface area (Å²) in [7, 11) is 0. The van der Waals surface area contributed by atoms with Crippen LogP contribution in [0.4, 0.5) is 0 Å². The lowest BCUT2D eigenvalue weighted by Gasteiger charge is -2.20. The number of rotatable bonds is 6. The lowest BCUT2D eigenvalue weighted by atomic mass is 10.1. The van der Waals surface area contributed by atoms with Crippen molar-refractivity contribution in [3.05, 3.63) is 0 Å². The zero-order chi connectivity index (χ0) is 13.5. The number of hydrogen-bond acceptors (Lipinski definition) is 4.